The summed E-state index contributed by atoms with van der Waals surface area (Å²) in [6.07, 6.45) is 8.95. The number of amides is 1. The number of rotatable bonds is 8. The zero-order chi connectivity index (χ0) is 23.8. The first kappa shape index (κ1) is 23.7. The average molecular weight is 452 g/mol. The Kier molecular flexibility index (Phi) is 6.78. The number of nitrogens with zero attached hydrogens (tertiary/aromatic N) is 3. The van der Waals surface area contributed by atoms with E-state index in [4.69, 9.17) is 0 Å². The van der Waals surface area contributed by atoms with Gasteiger partial charge in [-0.25, -0.2) is 9.07 Å². The molecule has 0 aliphatic heterocycles. The van der Waals surface area contributed by atoms with Gasteiger partial charge < -0.3 is 4.90 Å². The number of aromatic nitrogens is 2. The molecular weight excluding hydrogens is 413 g/mol. The number of fused-ring (bicyclic) bond motifs is 2. The van der Waals surface area contributed by atoms with E-state index in [1.807, 2.05) is 10.9 Å². The summed E-state index contributed by atoms with van der Waals surface area (Å²) in [6, 6.07) is 6.46. The maximum absolute atomic E-state index is 13.8. The van der Waals surface area contributed by atoms with Crippen LogP contribution in [0.3, 0.4) is 0 Å². The van der Waals surface area contributed by atoms with Gasteiger partial charge >= 0.3 is 0 Å². The molecule has 1 amide bonds. The molecule has 1 saturated carbocycles. The van der Waals surface area contributed by atoms with Crippen LogP contribution in [0, 0.1) is 29.0 Å². The zero-order valence-electron chi connectivity index (χ0n) is 20.8. The summed E-state index contributed by atoms with van der Waals surface area (Å²) in [5.74, 6) is 1.27. The summed E-state index contributed by atoms with van der Waals surface area (Å²) in [5.41, 5.74) is 4.29. The molecule has 0 N–H and O–H groups in total. The maximum atomic E-state index is 13.8. The molecule has 2 aromatic rings. The predicted octanol–water partition coefficient (Wildman–Crippen LogP) is 6.29. The summed E-state index contributed by atoms with van der Waals surface area (Å²) < 4.78 is 15.3. The second kappa shape index (κ2) is 9.44. The monoisotopic (exact) mass is 451 g/mol. The highest BCUT2D eigenvalue weighted by molar-refractivity contribution is 5.82. The molecule has 0 spiro atoms. The lowest BCUT2D eigenvalue weighted by Gasteiger charge is -2.38. The number of hydrogen-bond donors (Lipinski definition) is 0. The lowest BCUT2D eigenvalue weighted by Crippen LogP contribution is -2.44. The van der Waals surface area contributed by atoms with E-state index in [1.165, 1.54) is 23.3 Å². The van der Waals surface area contributed by atoms with Crippen molar-refractivity contribution in [1.29, 1.82) is 0 Å². The molecule has 2 aliphatic carbocycles. The van der Waals surface area contributed by atoms with Crippen LogP contribution < -0.4 is 0 Å². The molecule has 1 aromatic carbocycles. The third-order valence-electron chi connectivity index (χ3n) is 7.59. The van der Waals surface area contributed by atoms with Crippen LogP contribution in [-0.4, -0.2) is 33.7 Å². The van der Waals surface area contributed by atoms with E-state index in [0.717, 1.165) is 56.6 Å². The molecule has 1 heterocycles. The van der Waals surface area contributed by atoms with Crippen LogP contribution in [0.15, 0.2) is 36.0 Å². The van der Waals surface area contributed by atoms with Crippen LogP contribution in [0.2, 0.25) is 0 Å². The van der Waals surface area contributed by atoms with Crippen molar-refractivity contribution in [3.63, 3.8) is 0 Å². The van der Waals surface area contributed by atoms with Crippen LogP contribution in [0.4, 0.5) is 4.39 Å². The topological polar surface area (TPSA) is 38.1 Å². The van der Waals surface area contributed by atoms with Crippen molar-refractivity contribution < 1.29 is 9.18 Å². The highest BCUT2D eigenvalue weighted by atomic mass is 19.1. The molecule has 178 valence electrons. The molecule has 33 heavy (non-hydrogen) atoms. The van der Waals surface area contributed by atoms with E-state index >= 15 is 0 Å². The first-order chi connectivity index (χ1) is 15.7. The van der Waals surface area contributed by atoms with Gasteiger partial charge in [0.1, 0.15) is 5.82 Å². The largest absolute Gasteiger partial charge is 0.342 e. The fourth-order valence-corrected chi connectivity index (χ4v) is 5.41. The average Bonchev–Trinajstić information content (AvgIpc) is 3.31. The van der Waals surface area contributed by atoms with E-state index in [0.29, 0.717) is 17.7 Å². The highest BCUT2D eigenvalue weighted by Gasteiger charge is 2.49. The van der Waals surface area contributed by atoms with Gasteiger partial charge in [0.2, 0.25) is 5.91 Å². The Morgan fingerprint density at radius 1 is 1.15 bits per heavy atom. The molecule has 2 aliphatic rings. The van der Waals surface area contributed by atoms with Crippen LogP contribution in [0.5, 0.6) is 0 Å². The lowest BCUT2D eigenvalue weighted by atomic mass is 9.69. The third-order valence-corrected chi connectivity index (χ3v) is 7.59. The molecule has 2 atom stereocenters. The SMILES string of the molecule is CC(C)CCN(CCC(C)C)C(=O)[C@H]1CCC2=Cc3c(cnn3-c3ccc(F)cc3)C[C@@]21C. The first-order valence-corrected chi connectivity index (χ1v) is 12.5. The molecule has 5 heteroatoms. The standard InChI is InChI=1S/C28H38FN3O/c1-19(2)12-14-31(15-13-20(3)4)27(33)25-11-6-22-16-26-21(17-28(22,25)5)18-30-32(26)24-9-7-23(29)8-10-24/h7-10,16,18-20,25H,6,11-15,17H2,1-5H3/t25-,28+/m1/s1. The Balaban J connectivity index is 1.58. The van der Waals surface area contributed by atoms with Gasteiger partial charge in [-0.15, -0.1) is 0 Å². The number of carbonyl (C=O) groups excluding carboxylic acids is 1. The second-order valence-corrected chi connectivity index (χ2v) is 11.0. The van der Waals surface area contributed by atoms with Crippen LogP contribution >= 0.6 is 0 Å². The van der Waals surface area contributed by atoms with Gasteiger partial charge in [-0.1, -0.05) is 40.2 Å². The molecule has 4 nitrogen and oxygen atoms in total. The van der Waals surface area contributed by atoms with Crippen molar-refractivity contribution in [1.82, 2.24) is 14.7 Å². The Bertz CT molecular complexity index is 1010. The Morgan fingerprint density at radius 2 is 1.79 bits per heavy atom. The minimum Gasteiger partial charge on any atom is -0.342 e. The van der Waals surface area contributed by atoms with Crippen LogP contribution in [0.1, 0.15) is 71.6 Å². The minimum absolute atomic E-state index is 0.0189. The summed E-state index contributed by atoms with van der Waals surface area (Å²) in [4.78, 5) is 16.0. The number of halogens is 1. The Labute approximate surface area is 197 Å². The predicted molar refractivity (Wildman–Crippen MR) is 132 cm³/mol. The fourth-order valence-electron chi connectivity index (χ4n) is 5.41. The van der Waals surface area contributed by atoms with E-state index in [9.17, 15) is 9.18 Å². The van der Waals surface area contributed by atoms with Gasteiger partial charge in [-0.2, -0.15) is 5.10 Å². The van der Waals surface area contributed by atoms with Gasteiger partial charge in [-0.3, -0.25) is 4.79 Å². The van der Waals surface area contributed by atoms with Gasteiger partial charge in [0, 0.05) is 24.4 Å². The van der Waals surface area contributed by atoms with Crippen molar-refractivity contribution in [2.24, 2.45) is 23.2 Å². The van der Waals surface area contributed by atoms with E-state index < -0.39 is 0 Å². The number of hydrogen-bond acceptors (Lipinski definition) is 2. The van der Waals surface area contributed by atoms with Crippen molar-refractivity contribution in [2.45, 2.75) is 66.7 Å². The third kappa shape index (κ3) is 4.78. The summed E-state index contributed by atoms with van der Waals surface area (Å²) >= 11 is 0. The Hall–Kier alpha value is -2.43. The maximum Gasteiger partial charge on any atom is 0.226 e. The molecule has 4 rings (SSSR count). The summed E-state index contributed by atoms with van der Waals surface area (Å²) in [7, 11) is 0. The smallest absolute Gasteiger partial charge is 0.226 e. The fraction of sp³-hybridized carbons (Fsp3) is 0.571. The van der Waals surface area contributed by atoms with Crippen molar-refractivity contribution in [3.05, 3.63) is 53.1 Å². The zero-order valence-corrected chi connectivity index (χ0v) is 20.8. The molecule has 0 bridgehead atoms. The molecule has 1 aromatic heterocycles. The second-order valence-electron chi connectivity index (χ2n) is 11.0. The molecule has 0 saturated heterocycles. The van der Waals surface area contributed by atoms with E-state index in [1.54, 1.807) is 12.1 Å². The van der Waals surface area contributed by atoms with E-state index in [-0.39, 0.29) is 17.2 Å². The first-order valence-electron chi connectivity index (χ1n) is 12.5. The van der Waals surface area contributed by atoms with Gasteiger partial charge in [-0.05, 0) is 79.8 Å². The van der Waals surface area contributed by atoms with Gasteiger partial charge in [0.15, 0.2) is 0 Å². The molecule has 0 unspecified atom stereocenters. The minimum atomic E-state index is -0.248. The number of allylic oxidation sites excluding steroid dienone is 1. The van der Waals surface area contributed by atoms with Crippen molar-refractivity contribution in [2.75, 3.05) is 13.1 Å². The normalized spacial score (nSPS) is 21.8. The summed E-state index contributed by atoms with van der Waals surface area (Å²) in [5, 5.41) is 4.61. The van der Waals surface area contributed by atoms with Crippen LogP contribution in [-0.2, 0) is 11.2 Å². The number of benzene rings is 1. The molecule has 0 radical (unpaired) electrons. The quantitative estimate of drug-likeness (QED) is 0.473. The highest BCUT2D eigenvalue weighted by Crippen LogP contribution is 2.53. The van der Waals surface area contributed by atoms with E-state index in [2.05, 4.69) is 50.7 Å². The molecular formula is C28H38FN3O. The number of carbonyl (C=O) groups is 1. The van der Waals surface area contributed by atoms with Gasteiger partial charge in [0.25, 0.3) is 0 Å². The van der Waals surface area contributed by atoms with Crippen LogP contribution in [0.25, 0.3) is 11.8 Å². The molecule has 1 fully saturated rings. The lowest BCUT2D eigenvalue weighted by molar-refractivity contribution is -0.138. The summed E-state index contributed by atoms with van der Waals surface area (Å²) in [6.45, 7) is 12.9. The Morgan fingerprint density at radius 3 is 2.39 bits per heavy atom. The van der Waals surface area contributed by atoms with Gasteiger partial charge in [0.05, 0.1) is 17.6 Å². The van der Waals surface area contributed by atoms with Crippen molar-refractivity contribution >= 4 is 12.0 Å². The van der Waals surface area contributed by atoms with Crippen molar-refractivity contribution in [3.8, 4) is 5.69 Å².